The average Bonchev–Trinajstić information content (AvgIpc) is 3.09. The highest BCUT2D eigenvalue weighted by Crippen LogP contribution is 2.62. The van der Waals surface area contributed by atoms with Crippen molar-refractivity contribution in [3.8, 4) is 0 Å². The molecule has 106 valence electrons. The minimum absolute atomic E-state index is 0.0231. The summed E-state index contributed by atoms with van der Waals surface area (Å²) in [6, 6.07) is 0. The molecule has 0 heterocycles. The predicted molar refractivity (Wildman–Crippen MR) is 70.5 cm³/mol. The maximum absolute atomic E-state index is 11.2. The fourth-order valence-electron chi connectivity index (χ4n) is 6.10. The number of carbonyl (C=O) groups is 1. The molecule has 0 aromatic rings. The van der Waals surface area contributed by atoms with E-state index in [0.29, 0.717) is 11.8 Å². The first-order chi connectivity index (χ1) is 9.06. The number of carboxylic acid groups (broad SMARTS) is 1. The lowest BCUT2D eigenvalue weighted by molar-refractivity contribution is -0.171. The fraction of sp³-hybridized carbons (Fsp3) is 0.938. The first-order valence-corrected chi connectivity index (χ1v) is 8.00. The molecule has 0 aliphatic heterocycles. The number of carboxylic acids is 1. The Balaban J connectivity index is 1.64. The van der Waals surface area contributed by atoms with Crippen molar-refractivity contribution in [1.29, 1.82) is 0 Å². The van der Waals surface area contributed by atoms with Crippen LogP contribution in [0.25, 0.3) is 0 Å². The van der Waals surface area contributed by atoms with E-state index in [2.05, 4.69) is 0 Å². The first-order valence-electron chi connectivity index (χ1n) is 8.00. The quantitative estimate of drug-likeness (QED) is 0.820. The van der Waals surface area contributed by atoms with Crippen LogP contribution in [0.15, 0.2) is 0 Å². The van der Waals surface area contributed by atoms with E-state index in [9.17, 15) is 15.0 Å². The molecule has 0 saturated heterocycles. The van der Waals surface area contributed by atoms with Crippen LogP contribution in [0, 0.1) is 35.5 Å². The Hall–Kier alpha value is -0.570. The highest BCUT2D eigenvalue weighted by Gasteiger charge is 2.59. The van der Waals surface area contributed by atoms with Crippen LogP contribution in [0.5, 0.6) is 0 Å². The average molecular weight is 264 g/mol. The number of hydrogen-bond donors (Lipinski definition) is 2. The molecule has 0 amide bonds. The van der Waals surface area contributed by atoms with Crippen LogP contribution in [-0.2, 0) is 4.79 Å². The van der Waals surface area contributed by atoms with Gasteiger partial charge in [-0.3, -0.25) is 4.79 Å². The Labute approximate surface area is 114 Å². The van der Waals surface area contributed by atoms with Gasteiger partial charge in [-0.15, -0.1) is 0 Å². The topological polar surface area (TPSA) is 57.5 Å². The van der Waals surface area contributed by atoms with Crippen LogP contribution in [-0.4, -0.2) is 21.8 Å². The van der Waals surface area contributed by atoms with Crippen LogP contribution < -0.4 is 0 Å². The van der Waals surface area contributed by atoms with E-state index >= 15 is 0 Å². The molecule has 0 aromatic heterocycles. The smallest absolute Gasteiger partial charge is 0.306 e. The van der Waals surface area contributed by atoms with Crippen molar-refractivity contribution in [3.05, 3.63) is 0 Å². The zero-order valence-electron chi connectivity index (χ0n) is 11.4. The summed E-state index contributed by atoms with van der Waals surface area (Å²) in [5.74, 6) is 2.72. The molecule has 4 bridgehead atoms. The minimum Gasteiger partial charge on any atom is -0.481 e. The SMILES string of the molecule is O=C(O)CC(O)(C1CC1)C1C2CC3CC(C2)CC1C3. The second-order valence-electron chi connectivity index (χ2n) is 7.79. The van der Waals surface area contributed by atoms with E-state index < -0.39 is 11.6 Å². The molecule has 5 aliphatic rings. The van der Waals surface area contributed by atoms with Gasteiger partial charge in [-0.05, 0) is 80.5 Å². The van der Waals surface area contributed by atoms with Crippen molar-refractivity contribution >= 4 is 5.97 Å². The minimum atomic E-state index is -0.894. The van der Waals surface area contributed by atoms with Crippen molar-refractivity contribution in [2.45, 2.75) is 57.0 Å². The van der Waals surface area contributed by atoms with E-state index in [1.165, 1.54) is 32.1 Å². The summed E-state index contributed by atoms with van der Waals surface area (Å²) in [4.78, 5) is 11.2. The Kier molecular flexibility index (Phi) is 2.55. The maximum atomic E-state index is 11.2. The molecule has 5 fully saturated rings. The molecule has 5 saturated carbocycles. The Bertz CT molecular complexity index is 373. The largest absolute Gasteiger partial charge is 0.481 e. The molecular weight excluding hydrogens is 240 g/mol. The second-order valence-corrected chi connectivity index (χ2v) is 7.79. The third kappa shape index (κ3) is 1.84. The van der Waals surface area contributed by atoms with E-state index in [4.69, 9.17) is 0 Å². The molecule has 3 heteroatoms. The zero-order valence-corrected chi connectivity index (χ0v) is 11.4. The standard InChI is InChI=1S/C16H24O3/c17-14(18)8-16(19,13-1-2-13)15-11-4-9-3-10(6-11)7-12(15)5-9/h9-13,15,19H,1-8H2,(H,17,18). The molecule has 1 atom stereocenters. The molecule has 0 aromatic carbocycles. The second kappa shape index (κ2) is 3.97. The monoisotopic (exact) mass is 264 g/mol. The van der Waals surface area contributed by atoms with Gasteiger partial charge in [0.25, 0.3) is 0 Å². The summed E-state index contributed by atoms with van der Waals surface area (Å²) in [6.07, 6.45) is 8.47. The number of aliphatic hydroxyl groups is 1. The lowest BCUT2D eigenvalue weighted by Gasteiger charge is -2.58. The van der Waals surface area contributed by atoms with Gasteiger partial charge < -0.3 is 10.2 Å². The van der Waals surface area contributed by atoms with Gasteiger partial charge in [0.2, 0.25) is 0 Å². The highest BCUT2D eigenvalue weighted by molar-refractivity contribution is 5.68. The van der Waals surface area contributed by atoms with Crippen molar-refractivity contribution < 1.29 is 15.0 Å². The number of aliphatic carboxylic acids is 1. The van der Waals surface area contributed by atoms with Gasteiger partial charge in [-0.25, -0.2) is 0 Å². The zero-order chi connectivity index (χ0) is 13.2. The summed E-state index contributed by atoms with van der Waals surface area (Å²) in [5.41, 5.74) is -0.894. The van der Waals surface area contributed by atoms with Crippen LogP contribution in [0.1, 0.15) is 51.4 Å². The summed E-state index contributed by atoms with van der Waals surface area (Å²) in [7, 11) is 0. The summed E-state index contributed by atoms with van der Waals surface area (Å²) in [6.45, 7) is 0. The van der Waals surface area contributed by atoms with Crippen LogP contribution in [0.2, 0.25) is 0 Å². The van der Waals surface area contributed by atoms with E-state index in [-0.39, 0.29) is 18.3 Å². The maximum Gasteiger partial charge on any atom is 0.306 e. The van der Waals surface area contributed by atoms with Gasteiger partial charge in [0.15, 0.2) is 0 Å². The van der Waals surface area contributed by atoms with Gasteiger partial charge in [-0.1, -0.05) is 0 Å². The van der Waals surface area contributed by atoms with Gasteiger partial charge in [0.05, 0.1) is 12.0 Å². The van der Waals surface area contributed by atoms with Crippen molar-refractivity contribution in [2.75, 3.05) is 0 Å². The molecule has 5 rings (SSSR count). The Morgan fingerprint density at radius 2 is 1.53 bits per heavy atom. The van der Waals surface area contributed by atoms with Gasteiger partial charge in [0.1, 0.15) is 0 Å². The lowest BCUT2D eigenvalue weighted by Crippen LogP contribution is -2.56. The molecule has 5 aliphatic carbocycles. The fourth-order valence-corrected chi connectivity index (χ4v) is 6.10. The Morgan fingerprint density at radius 3 is 1.95 bits per heavy atom. The Morgan fingerprint density at radius 1 is 1.00 bits per heavy atom. The molecule has 0 radical (unpaired) electrons. The van der Waals surface area contributed by atoms with Gasteiger partial charge >= 0.3 is 5.97 Å². The van der Waals surface area contributed by atoms with Crippen LogP contribution in [0.4, 0.5) is 0 Å². The van der Waals surface area contributed by atoms with Crippen molar-refractivity contribution in [2.24, 2.45) is 35.5 Å². The first kappa shape index (κ1) is 12.2. The predicted octanol–water partition coefficient (Wildman–Crippen LogP) is 2.67. The molecule has 3 nitrogen and oxygen atoms in total. The third-order valence-electron chi connectivity index (χ3n) is 6.52. The van der Waals surface area contributed by atoms with E-state index in [1.807, 2.05) is 0 Å². The summed E-state index contributed by atoms with van der Waals surface area (Å²) >= 11 is 0. The summed E-state index contributed by atoms with van der Waals surface area (Å²) in [5, 5.41) is 20.4. The third-order valence-corrected chi connectivity index (χ3v) is 6.52. The van der Waals surface area contributed by atoms with Gasteiger partial charge in [-0.2, -0.15) is 0 Å². The van der Waals surface area contributed by atoms with Gasteiger partial charge in [0, 0.05) is 0 Å². The van der Waals surface area contributed by atoms with Crippen molar-refractivity contribution in [3.63, 3.8) is 0 Å². The van der Waals surface area contributed by atoms with Crippen molar-refractivity contribution in [1.82, 2.24) is 0 Å². The molecule has 2 N–H and O–H groups in total. The number of hydrogen-bond acceptors (Lipinski definition) is 2. The number of rotatable bonds is 4. The molecule has 19 heavy (non-hydrogen) atoms. The molecule has 0 spiro atoms. The molecule has 1 unspecified atom stereocenters. The lowest BCUT2D eigenvalue weighted by atomic mass is 9.48. The van der Waals surface area contributed by atoms with E-state index in [1.54, 1.807) is 0 Å². The summed E-state index contributed by atoms with van der Waals surface area (Å²) < 4.78 is 0. The normalized spacial score (nSPS) is 47.1. The molecular formula is C16H24O3. The van der Waals surface area contributed by atoms with E-state index in [0.717, 1.165) is 24.7 Å². The van der Waals surface area contributed by atoms with Crippen LogP contribution in [0.3, 0.4) is 0 Å². The highest BCUT2D eigenvalue weighted by atomic mass is 16.4. The van der Waals surface area contributed by atoms with Crippen LogP contribution >= 0.6 is 0 Å².